The first kappa shape index (κ1) is 9.14. The van der Waals surface area contributed by atoms with Gasteiger partial charge >= 0.3 is 5.97 Å². The molecule has 0 bridgehead atoms. The molecule has 72 valence electrons. The molecule has 1 N–H and O–H groups in total. The first-order valence-electron chi connectivity index (χ1n) is 3.97. The van der Waals surface area contributed by atoms with Gasteiger partial charge < -0.3 is 5.11 Å². The van der Waals surface area contributed by atoms with Crippen LogP contribution in [0.3, 0.4) is 0 Å². The number of rotatable bonds is 2. The van der Waals surface area contributed by atoms with Crippen LogP contribution in [0.5, 0.6) is 0 Å². The molecule has 6 heteroatoms. The molecule has 1 aromatic rings. The van der Waals surface area contributed by atoms with E-state index < -0.39 is 12.0 Å². The van der Waals surface area contributed by atoms with Crippen LogP contribution in [0.25, 0.3) is 0 Å². The molecule has 1 aromatic heterocycles. The zero-order valence-corrected chi connectivity index (χ0v) is 7.94. The molecule has 1 unspecified atom stereocenters. The van der Waals surface area contributed by atoms with Crippen molar-refractivity contribution in [2.75, 3.05) is 5.75 Å². The largest absolute Gasteiger partial charge is 0.480 e. The highest BCUT2D eigenvalue weighted by Crippen LogP contribution is 2.21. The number of aliphatic imine (C=N–C) groups is 1. The fourth-order valence-corrected chi connectivity index (χ4v) is 2.06. The van der Waals surface area contributed by atoms with E-state index in [1.54, 1.807) is 12.3 Å². The van der Waals surface area contributed by atoms with Crippen LogP contribution in [0.2, 0.25) is 0 Å². The minimum Gasteiger partial charge on any atom is -0.480 e. The maximum absolute atomic E-state index is 10.6. The maximum atomic E-state index is 10.6. The lowest BCUT2D eigenvalue weighted by atomic mass is 10.3. The van der Waals surface area contributed by atoms with Crippen molar-refractivity contribution in [2.24, 2.45) is 4.99 Å². The van der Waals surface area contributed by atoms with Gasteiger partial charge in [0.1, 0.15) is 11.4 Å². The van der Waals surface area contributed by atoms with Crippen molar-refractivity contribution >= 4 is 22.8 Å². The Kier molecular flexibility index (Phi) is 2.45. The van der Waals surface area contributed by atoms with Crippen LogP contribution in [0.1, 0.15) is 5.69 Å². The van der Waals surface area contributed by atoms with Crippen molar-refractivity contribution in [1.29, 1.82) is 0 Å². The lowest BCUT2D eigenvalue weighted by Gasteiger charge is -1.95. The second-order valence-electron chi connectivity index (χ2n) is 2.69. The van der Waals surface area contributed by atoms with Gasteiger partial charge in [-0.1, -0.05) is 0 Å². The van der Waals surface area contributed by atoms with Gasteiger partial charge in [0.15, 0.2) is 6.04 Å². The third-order valence-corrected chi connectivity index (χ3v) is 2.81. The van der Waals surface area contributed by atoms with Gasteiger partial charge in [0.05, 0.1) is 5.69 Å². The molecule has 0 radical (unpaired) electrons. The van der Waals surface area contributed by atoms with Crippen LogP contribution in [0, 0.1) is 0 Å². The summed E-state index contributed by atoms with van der Waals surface area (Å²) in [7, 11) is 0. The summed E-state index contributed by atoms with van der Waals surface area (Å²) in [5, 5.41) is 9.41. The summed E-state index contributed by atoms with van der Waals surface area (Å²) in [4.78, 5) is 22.5. The second-order valence-corrected chi connectivity index (χ2v) is 3.70. The first-order chi connectivity index (χ1) is 6.77. The summed E-state index contributed by atoms with van der Waals surface area (Å²) in [5.41, 5.74) is 0.689. The zero-order valence-electron chi connectivity index (χ0n) is 7.12. The summed E-state index contributed by atoms with van der Waals surface area (Å²) in [6.07, 6.45) is 3.03. The van der Waals surface area contributed by atoms with E-state index in [0.29, 0.717) is 16.5 Å². The predicted octanol–water partition coefficient (Wildman–Crippen LogP) is 0.423. The highest BCUT2D eigenvalue weighted by atomic mass is 32.2. The summed E-state index contributed by atoms with van der Waals surface area (Å²) in [6.45, 7) is 0. The highest BCUT2D eigenvalue weighted by Gasteiger charge is 2.25. The second kappa shape index (κ2) is 3.75. The van der Waals surface area contributed by atoms with Crippen LogP contribution in [0.15, 0.2) is 23.6 Å². The Morgan fingerprint density at radius 3 is 3.07 bits per heavy atom. The number of hydrogen-bond acceptors (Lipinski definition) is 5. The quantitative estimate of drug-likeness (QED) is 0.764. The number of aliphatic carboxylic acids is 1. The fourth-order valence-electron chi connectivity index (χ4n) is 1.06. The number of carboxylic acids is 1. The molecular weight excluding hydrogens is 202 g/mol. The van der Waals surface area contributed by atoms with Gasteiger partial charge in [0.2, 0.25) is 0 Å². The molecule has 0 aliphatic carbocycles. The number of carbonyl (C=O) groups is 1. The van der Waals surface area contributed by atoms with Crippen molar-refractivity contribution < 1.29 is 9.90 Å². The summed E-state index contributed by atoms with van der Waals surface area (Å²) in [6, 6.07) is 1.08. The Bertz CT molecular complexity index is 379. The third kappa shape index (κ3) is 1.74. The third-order valence-electron chi connectivity index (χ3n) is 1.74. The lowest BCUT2D eigenvalue weighted by Crippen LogP contribution is -2.17. The molecule has 1 atom stereocenters. The average molecular weight is 209 g/mol. The molecule has 0 spiro atoms. The molecule has 14 heavy (non-hydrogen) atoms. The monoisotopic (exact) mass is 209 g/mol. The van der Waals surface area contributed by atoms with Crippen LogP contribution < -0.4 is 0 Å². The Labute approximate surface area is 84.3 Å². The molecule has 0 aromatic carbocycles. The van der Waals surface area contributed by atoms with E-state index >= 15 is 0 Å². The van der Waals surface area contributed by atoms with Gasteiger partial charge in [0, 0.05) is 11.9 Å². The van der Waals surface area contributed by atoms with E-state index in [9.17, 15) is 4.79 Å². The number of thioether (sulfide) groups is 1. The SMILES string of the molecule is O=C(O)C1CSC(c2ccncn2)=N1. The van der Waals surface area contributed by atoms with E-state index in [4.69, 9.17) is 5.11 Å². The van der Waals surface area contributed by atoms with Gasteiger partial charge in [-0.2, -0.15) is 0 Å². The van der Waals surface area contributed by atoms with E-state index in [-0.39, 0.29) is 0 Å². The van der Waals surface area contributed by atoms with Gasteiger partial charge in [-0.15, -0.1) is 11.8 Å². The Balaban J connectivity index is 2.22. The number of carboxylic acid groups (broad SMARTS) is 1. The van der Waals surface area contributed by atoms with Crippen molar-refractivity contribution in [3.05, 3.63) is 24.3 Å². The fraction of sp³-hybridized carbons (Fsp3) is 0.250. The van der Waals surface area contributed by atoms with Crippen LogP contribution in [-0.4, -0.2) is 37.9 Å². The van der Waals surface area contributed by atoms with Crippen molar-refractivity contribution in [3.63, 3.8) is 0 Å². The lowest BCUT2D eigenvalue weighted by molar-refractivity contribution is -0.137. The molecule has 2 rings (SSSR count). The van der Waals surface area contributed by atoms with Crippen LogP contribution in [-0.2, 0) is 4.79 Å². The minimum atomic E-state index is -0.887. The van der Waals surface area contributed by atoms with Gasteiger partial charge in [-0.3, -0.25) is 4.99 Å². The number of hydrogen-bond donors (Lipinski definition) is 1. The average Bonchev–Trinajstić information content (AvgIpc) is 2.68. The van der Waals surface area contributed by atoms with E-state index in [0.717, 1.165) is 0 Å². The van der Waals surface area contributed by atoms with Crippen LogP contribution >= 0.6 is 11.8 Å². The minimum absolute atomic E-state index is 0.481. The molecule has 0 saturated carbocycles. The zero-order chi connectivity index (χ0) is 9.97. The maximum Gasteiger partial charge on any atom is 0.329 e. The van der Waals surface area contributed by atoms with Crippen molar-refractivity contribution in [1.82, 2.24) is 9.97 Å². The van der Waals surface area contributed by atoms with E-state index in [1.165, 1.54) is 18.1 Å². The molecule has 1 aliphatic rings. The Hall–Kier alpha value is -1.43. The molecule has 0 saturated heterocycles. The summed E-state index contributed by atoms with van der Waals surface area (Å²) < 4.78 is 0. The summed E-state index contributed by atoms with van der Waals surface area (Å²) in [5.74, 6) is -0.407. The van der Waals surface area contributed by atoms with Gasteiger partial charge in [-0.05, 0) is 6.07 Å². The van der Waals surface area contributed by atoms with E-state index in [2.05, 4.69) is 15.0 Å². The predicted molar refractivity (Wildman–Crippen MR) is 52.5 cm³/mol. The van der Waals surface area contributed by atoms with Gasteiger partial charge in [-0.25, -0.2) is 14.8 Å². The standard InChI is InChI=1S/C8H7N3O2S/c12-8(13)6-3-14-7(11-6)5-1-2-9-4-10-5/h1-2,4,6H,3H2,(H,12,13). The molecule has 1 aliphatic heterocycles. The molecule has 2 heterocycles. The molecular formula is C8H7N3O2S. The first-order valence-corrected chi connectivity index (χ1v) is 4.96. The molecule has 0 amide bonds. The van der Waals surface area contributed by atoms with Crippen LogP contribution in [0.4, 0.5) is 0 Å². The highest BCUT2D eigenvalue weighted by molar-refractivity contribution is 8.14. The summed E-state index contributed by atoms with van der Waals surface area (Å²) >= 11 is 1.41. The molecule has 0 fully saturated rings. The van der Waals surface area contributed by atoms with Gasteiger partial charge in [0.25, 0.3) is 0 Å². The number of aromatic nitrogens is 2. The van der Waals surface area contributed by atoms with Crippen molar-refractivity contribution in [3.8, 4) is 0 Å². The van der Waals surface area contributed by atoms with E-state index in [1.807, 2.05) is 0 Å². The Morgan fingerprint density at radius 1 is 1.64 bits per heavy atom. The Morgan fingerprint density at radius 2 is 2.50 bits per heavy atom. The topological polar surface area (TPSA) is 75.4 Å². The van der Waals surface area contributed by atoms with Crippen molar-refractivity contribution in [2.45, 2.75) is 6.04 Å². The molecule has 5 nitrogen and oxygen atoms in total. The number of nitrogens with zero attached hydrogens (tertiary/aromatic N) is 3. The normalized spacial score (nSPS) is 20.6. The smallest absolute Gasteiger partial charge is 0.329 e.